The molecule has 0 unspecified atom stereocenters. The highest BCUT2D eigenvalue weighted by molar-refractivity contribution is 6.05. The molecule has 0 aliphatic carbocycles. The first kappa shape index (κ1) is 17.8. The van der Waals surface area contributed by atoms with Crippen molar-refractivity contribution in [2.24, 2.45) is 0 Å². The van der Waals surface area contributed by atoms with Gasteiger partial charge < -0.3 is 19.7 Å². The topological polar surface area (TPSA) is 63.7 Å². The SMILES string of the molecule is O=C(c1nccc2ccccc12)N1CCC[C@@H](Nc2ccc3c(c2)OCCO3)C1. The molecule has 3 aromatic rings. The Balaban J connectivity index is 1.32. The zero-order chi connectivity index (χ0) is 19.6. The van der Waals surface area contributed by atoms with E-state index < -0.39 is 0 Å². The molecule has 1 aromatic heterocycles. The third-order valence-electron chi connectivity index (χ3n) is 5.50. The van der Waals surface area contributed by atoms with Gasteiger partial charge in [0.15, 0.2) is 11.5 Å². The van der Waals surface area contributed by atoms with Gasteiger partial charge in [-0.25, -0.2) is 0 Å². The van der Waals surface area contributed by atoms with Gasteiger partial charge in [0, 0.05) is 42.5 Å². The molecule has 0 radical (unpaired) electrons. The molecule has 0 spiro atoms. The fraction of sp³-hybridized carbons (Fsp3) is 0.304. The van der Waals surface area contributed by atoms with Crippen molar-refractivity contribution >= 4 is 22.4 Å². The summed E-state index contributed by atoms with van der Waals surface area (Å²) in [5.74, 6) is 1.55. The predicted molar refractivity (Wildman–Crippen MR) is 112 cm³/mol. The molecule has 1 amide bonds. The third kappa shape index (κ3) is 3.58. The summed E-state index contributed by atoms with van der Waals surface area (Å²) in [5, 5.41) is 5.50. The van der Waals surface area contributed by atoms with Crippen LogP contribution in [0.25, 0.3) is 10.8 Å². The largest absolute Gasteiger partial charge is 0.486 e. The van der Waals surface area contributed by atoms with Crippen LogP contribution in [0, 0.1) is 0 Å². The lowest BCUT2D eigenvalue weighted by atomic mass is 10.0. The highest BCUT2D eigenvalue weighted by Crippen LogP contribution is 2.33. The van der Waals surface area contributed by atoms with Crippen LogP contribution in [0.5, 0.6) is 11.5 Å². The van der Waals surface area contributed by atoms with Gasteiger partial charge in [0.2, 0.25) is 0 Å². The number of likely N-dealkylation sites (tertiary alicyclic amines) is 1. The van der Waals surface area contributed by atoms with Gasteiger partial charge in [0.25, 0.3) is 5.91 Å². The molecule has 3 heterocycles. The maximum Gasteiger partial charge on any atom is 0.273 e. The second-order valence-corrected chi connectivity index (χ2v) is 7.47. The lowest BCUT2D eigenvalue weighted by Gasteiger charge is -2.34. The third-order valence-corrected chi connectivity index (χ3v) is 5.50. The van der Waals surface area contributed by atoms with Crippen molar-refractivity contribution in [2.45, 2.75) is 18.9 Å². The number of hydrogen-bond donors (Lipinski definition) is 1. The van der Waals surface area contributed by atoms with E-state index in [0.717, 1.165) is 47.3 Å². The Labute approximate surface area is 169 Å². The van der Waals surface area contributed by atoms with Crippen LogP contribution in [0.4, 0.5) is 5.69 Å². The molecule has 6 heteroatoms. The zero-order valence-electron chi connectivity index (χ0n) is 16.1. The molecule has 2 aliphatic heterocycles. The molecular formula is C23H23N3O3. The minimum atomic E-state index is -0.00419. The van der Waals surface area contributed by atoms with Crippen LogP contribution in [-0.2, 0) is 0 Å². The Morgan fingerprint density at radius 3 is 2.86 bits per heavy atom. The Bertz CT molecular complexity index is 1050. The van der Waals surface area contributed by atoms with E-state index in [2.05, 4.69) is 10.3 Å². The molecule has 1 saturated heterocycles. The number of carbonyl (C=O) groups is 1. The van der Waals surface area contributed by atoms with Crippen LogP contribution < -0.4 is 14.8 Å². The normalized spacial score (nSPS) is 18.5. The number of pyridine rings is 1. The standard InChI is InChI=1S/C23H23N3O3/c27-23(22-19-6-2-1-4-16(19)9-10-24-22)26-11-3-5-18(15-26)25-17-7-8-20-21(14-17)29-13-12-28-20/h1-2,4,6-10,14,18,25H,3,5,11-13,15H2/t18-/m1/s1. The number of fused-ring (bicyclic) bond motifs is 2. The Kier molecular flexibility index (Phi) is 4.68. The molecule has 1 atom stereocenters. The summed E-state index contributed by atoms with van der Waals surface area (Å²) < 4.78 is 11.3. The summed E-state index contributed by atoms with van der Waals surface area (Å²) in [6, 6.07) is 15.9. The average Bonchev–Trinajstić information content (AvgIpc) is 2.78. The van der Waals surface area contributed by atoms with Crippen LogP contribution in [0.3, 0.4) is 0 Å². The minimum Gasteiger partial charge on any atom is -0.486 e. The average molecular weight is 389 g/mol. The van der Waals surface area contributed by atoms with Gasteiger partial charge in [-0.05, 0) is 36.4 Å². The summed E-state index contributed by atoms with van der Waals surface area (Å²) in [4.78, 5) is 19.5. The predicted octanol–water partition coefficient (Wildman–Crippen LogP) is 3.72. The monoisotopic (exact) mass is 389 g/mol. The van der Waals surface area contributed by atoms with Gasteiger partial charge in [0.1, 0.15) is 18.9 Å². The van der Waals surface area contributed by atoms with Gasteiger partial charge in [-0.3, -0.25) is 9.78 Å². The summed E-state index contributed by atoms with van der Waals surface area (Å²) in [6.07, 6.45) is 3.68. The number of ether oxygens (including phenoxy) is 2. The van der Waals surface area contributed by atoms with E-state index >= 15 is 0 Å². The molecule has 5 rings (SSSR count). The van der Waals surface area contributed by atoms with Crippen molar-refractivity contribution in [3.8, 4) is 11.5 Å². The minimum absolute atomic E-state index is 0.00419. The number of carbonyl (C=O) groups excluding carboxylic acids is 1. The number of piperidine rings is 1. The molecule has 1 N–H and O–H groups in total. The Hall–Kier alpha value is -3.28. The van der Waals surface area contributed by atoms with E-state index in [4.69, 9.17) is 9.47 Å². The number of amides is 1. The lowest BCUT2D eigenvalue weighted by Crippen LogP contribution is -2.45. The second-order valence-electron chi connectivity index (χ2n) is 7.47. The lowest BCUT2D eigenvalue weighted by molar-refractivity contribution is 0.0711. The van der Waals surface area contributed by atoms with Gasteiger partial charge in [-0.15, -0.1) is 0 Å². The van der Waals surface area contributed by atoms with Crippen LogP contribution in [-0.4, -0.2) is 48.1 Å². The van der Waals surface area contributed by atoms with Crippen molar-refractivity contribution < 1.29 is 14.3 Å². The van der Waals surface area contributed by atoms with Crippen LogP contribution in [0.2, 0.25) is 0 Å². The van der Waals surface area contributed by atoms with Crippen LogP contribution in [0.15, 0.2) is 54.7 Å². The van der Waals surface area contributed by atoms with E-state index in [1.54, 1.807) is 6.20 Å². The quantitative estimate of drug-likeness (QED) is 0.740. The highest BCUT2D eigenvalue weighted by Gasteiger charge is 2.26. The van der Waals surface area contributed by atoms with Crippen molar-refractivity contribution in [1.82, 2.24) is 9.88 Å². The number of benzene rings is 2. The fourth-order valence-electron chi connectivity index (χ4n) is 4.09. The van der Waals surface area contributed by atoms with Gasteiger partial charge >= 0.3 is 0 Å². The molecule has 2 aliphatic rings. The first-order chi connectivity index (χ1) is 14.3. The van der Waals surface area contributed by atoms with E-state index in [1.165, 1.54) is 0 Å². The van der Waals surface area contributed by atoms with Gasteiger partial charge in [0.05, 0.1) is 0 Å². The van der Waals surface area contributed by atoms with Crippen LogP contribution in [0.1, 0.15) is 23.3 Å². The summed E-state index contributed by atoms with van der Waals surface area (Å²) >= 11 is 0. The van der Waals surface area contributed by atoms with Crippen molar-refractivity contribution in [2.75, 3.05) is 31.6 Å². The Morgan fingerprint density at radius 1 is 1.07 bits per heavy atom. The molecule has 2 aromatic carbocycles. The molecule has 6 nitrogen and oxygen atoms in total. The summed E-state index contributed by atoms with van der Waals surface area (Å²) in [7, 11) is 0. The molecule has 29 heavy (non-hydrogen) atoms. The fourth-order valence-corrected chi connectivity index (χ4v) is 4.09. The maximum atomic E-state index is 13.2. The number of anilines is 1. The zero-order valence-corrected chi connectivity index (χ0v) is 16.1. The second kappa shape index (κ2) is 7.62. The maximum absolute atomic E-state index is 13.2. The van der Waals surface area contributed by atoms with E-state index in [1.807, 2.05) is 53.4 Å². The summed E-state index contributed by atoms with van der Waals surface area (Å²) in [5.41, 5.74) is 1.51. The Morgan fingerprint density at radius 2 is 1.93 bits per heavy atom. The van der Waals surface area contributed by atoms with E-state index in [9.17, 15) is 4.79 Å². The van der Waals surface area contributed by atoms with Crippen molar-refractivity contribution in [3.63, 3.8) is 0 Å². The molecule has 148 valence electrons. The first-order valence-corrected chi connectivity index (χ1v) is 10.1. The number of hydrogen-bond acceptors (Lipinski definition) is 5. The van der Waals surface area contributed by atoms with Crippen LogP contribution >= 0.6 is 0 Å². The van der Waals surface area contributed by atoms with Gasteiger partial charge in [-0.1, -0.05) is 24.3 Å². The first-order valence-electron chi connectivity index (χ1n) is 10.1. The number of rotatable bonds is 3. The van der Waals surface area contributed by atoms with E-state index in [0.29, 0.717) is 25.5 Å². The van der Waals surface area contributed by atoms with Gasteiger partial charge in [-0.2, -0.15) is 0 Å². The smallest absolute Gasteiger partial charge is 0.273 e. The van der Waals surface area contributed by atoms with Crippen molar-refractivity contribution in [1.29, 1.82) is 0 Å². The molecule has 1 fully saturated rings. The molecule has 0 saturated carbocycles. The highest BCUT2D eigenvalue weighted by atomic mass is 16.6. The number of nitrogens with zero attached hydrogens (tertiary/aromatic N) is 2. The van der Waals surface area contributed by atoms with Crippen molar-refractivity contribution in [3.05, 3.63) is 60.4 Å². The molecule has 0 bridgehead atoms. The number of aromatic nitrogens is 1. The molecular weight excluding hydrogens is 366 g/mol. The summed E-state index contributed by atoms with van der Waals surface area (Å²) in [6.45, 7) is 2.56. The van der Waals surface area contributed by atoms with E-state index in [-0.39, 0.29) is 11.9 Å². The number of nitrogens with one attached hydrogen (secondary N) is 1.